The fourth-order valence-electron chi connectivity index (χ4n) is 2.56. The number of rotatable bonds is 17. The number of allylic oxidation sites excluding steroid dienone is 1. The van der Waals surface area contributed by atoms with Crippen LogP contribution in [-0.4, -0.2) is 14.2 Å². The quantitative estimate of drug-likeness (QED) is 0.150. The van der Waals surface area contributed by atoms with Gasteiger partial charge in [0, 0.05) is 4.57 Å². The van der Waals surface area contributed by atoms with Gasteiger partial charge in [-0.25, -0.2) is 0 Å². The van der Waals surface area contributed by atoms with Crippen LogP contribution >= 0.6 is 8.25 Å². The maximum atomic E-state index is 9.88. The van der Waals surface area contributed by atoms with Gasteiger partial charge in [-0.1, -0.05) is 96.5 Å². The molecule has 0 amide bonds. The summed E-state index contributed by atoms with van der Waals surface area (Å²) in [5.41, 5.74) is 0. The largest absolute Gasteiger partial charge is 0.696 e. The lowest BCUT2D eigenvalue weighted by atomic mass is 10.0. The molecule has 0 bridgehead atoms. The van der Waals surface area contributed by atoms with Crippen LogP contribution in [0.25, 0.3) is 0 Å². The van der Waals surface area contributed by atoms with Crippen LogP contribution in [0.15, 0.2) is 12.7 Å². The van der Waals surface area contributed by atoms with Crippen LogP contribution in [0.5, 0.6) is 0 Å². The van der Waals surface area contributed by atoms with E-state index < -0.39 is 8.25 Å². The Morgan fingerprint density at radius 2 is 1.04 bits per heavy atom. The summed E-state index contributed by atoms with van der Waals surface area (Å²) in [4.78, 5) is 0. The van der Waals surface area contributed by atoms with Gasteiger partial charge in [-0.3, -0.25) is 0 Å². The van der Waals surface area contributed by atoms with E-state index in [0.29, 0.717) is 0 Å². The molecule has 0 aliphatic rings. The first-order valence-corrected chi connectivity index (χ1v) is 11.0. The van der Waals surface area contributed by atoms with Gasteiger partial charge >= 0.3 is 8.25 Å². The van der Waals surface area contributed by atoms with Crippen molar-refractivity contribution in [2.24, 2.45) is 0 Å². The van der Waals surface area contributed by atoms with Gasteiger partial charge in [-0.2, -0.15) is 0 Å². The normalized spacial score (nSPS) is 10.1. The summed E-state index contributed by atoms with van der Waals surface area (Å²) in [5, 5.41) is 0. The molecule has 4 heteroatoms. The molecule has 0 aromatic rings. The van der Waals surface area contributed by atoms with Crippen LogP contribution in [0.3, 0.4) is 0 Å². The van der Waals surface area contributed by atoms with Gasteiger partial charge in [-0.05, 0) is 12.8 Å². The molecule has 0 fully saturated rings. The lowest BCUT2D eigenvalue weighted by Gasteiger charge is -2.02. The molecule has 0 aliphatic carbocycles. The molecule has 0 unspecified atom stereocenters. The van der Waals surface area contributed by atoms with E-state index in [4.69, 9.17) is 0 Å². The smallest absolute Gasteiger partial charge is 0.122 e. The second-order valence-corrected chi connectivity index (χ2v) is 7.44. The Morgan fingerprint density at radius 3 is 1.29 bits per heavy atom. The molecular formula is C20H42O3P+. The Morgan fingerprint density at radius 1 is 0.708 bits per heavy atom. The number of hydrogen-bond acceptors (Lipinski definition) is 3. The van der Waals surface area contributed by atoms with Gasteiger partial charge in [0.25, 0.3) is 0 Å². The molecule has 24 heavy (non-hydrogen) atoms. The molecule has 0 heterocycles. The molecular weight excluding hydrogens is 319 g/mol. The molecule has 0 spiro atoms. The standard InChI is InChI=1S/C18H36.C2H6O3P/c1-3-5-7-9-11-13-15-17-18-16-14-12-10-8-6-4-2;1-4-6(3)5-2/h3H,1,4-18H2,2H3;1-2H3/q;+1. The molecule has 0 aromatic heterocycles. The molecule has 0 radical (unpaired) electrons. The van der Waals surface area contributed by atoms with Crippen LogP contribution in [-0.2, 0) is 13.6 Å². The molecule has 3 nitrogen and oxygen atoms in total. The van der Waals surface area contributed by atoms with Crippen molar-refractivity contribution < 1.29 is 13.6 Å². The Kier molecular flexibility index (Phi) is 27.1. The van der Waals surface area contributed by atoms with Crippen molar-refractivity contribution in [3.05, 3.63) is 12.7 Å². The topological polar surface area (TPSA) is 35.5 Å². The monoisotopic (exact) mass is 361 g/mol. The second-order valence-electron chi connectivity index (χ2n) is 6.26. The Labute approximate surface area is 152 Å². The summed E-state index contributed by atoms with van der Waals surface area (Å²) >= 11 is 0. The van der Waals surface area contributed by atoms with Crippen LogP contribution < -0.4 is 0 Å². The van der Waals surface area contributed by atoms with Crippen LogP contribution in [0.2, 0.25) is 0 Å². The fraction of sp³-hybridized carbons (Fsp3) is 0.900. The third kappa shape index (κ3) is 26.6. The average Bonchev–Trinajstić information content (AvgIpc) is 2.62. The Bertz CT molecular complexity index is 251. The molecule has 0 N–H and O–H groups in total. The van der Waals surface area contributed by atoms with Gasteiger partial charge in [0.15, 0.2) is 0 Å². The van der Waals surface area contributed by atoms with Crippen LogP contribution in [0.4, 0.5) is 0 Å². The molecule has 0 rings (SSSR count). The van der Waals surface area contributed by atoms with E-state index in [2.05, 4.69) is 22.6 Å². The van der Waals surface area contributed by atoms with Crippen LogP contribution in [0.1, 0.15) is 103 Å². The molecule has 0 aromatic carbocycles. The highest BCUT2D eigenvalue weighted by Crippen LogP contribution is 2.18. The first-order valence-electron chi connectivity index (χ1n) is 9.89. The van der Waals surface area contributed by atoms with Crippen molar-refractivity contribution >= 4 is 8.25 Å². The first kappa shape index (κ1) is 26.0. The van der Waals surface area contributed by atoms with E-state index >= 15 is 0 Å². The zero-order valence-electron chi connectivity index (χ0n) is 16.6. The molecule has 144 valence electrons. The van der Waals surface area contributed by atoms with E-state index in [0.717, 1.165) is 0 Å². The summed E-state index contributed by atoms with van der Waals surface area (Å²) in [6.45, 7) is 6.05. The van der Waals surface area contributed by atoms with E-state index in [1.54, 1.807) is 0 Å². The first-order chi connectivity index (χ1) is 11.7. The molecule has 0 saturated carbocycles. The van der Waals surface area contributed by atoms with E-state index in [-0.39, 0.29) is 0 Å². The predicted octanol–water partition coefficient (Wildman–Crippen LogP) is 7.98. The Hall–Kier alpha value is -0.240. The molecule has 0 atom stereocenters. The average molecular weight is 362 g/mol. The van der Waals surface area contributed by atoms with Crippen molar-refractivity contribution in [3.63, 3.8) is 0 Å². The lowest BCUT2D eigenvalue weighted by Crippen LogP contribution is -1.83. The number of unbranched alkanes of at least 4 members (excludes halogenated alkanes) is 14. The predicted molar refractivity (Wildman–Crippen MR) is 107 cm³/mol. The van der Waals surface area contributed by atoms with Crippen molar-refractivity contribution in [3.8, 4) is 0 Å². The molecule has 0 saturated heterocycles. The van der Waals surface area contributed by atoms with Crippen molar-refractivity contribution in [2.45, 2.75) is 103 Å². The maximum Gasteiger partial charge on any atom is 0.696 e. The van der Waals surface area contributed by atoms with Gasteiger partial charge in [0.2, 0.25) is 0 Å². The highest BCUT2D eigenvalue weighted by Gasteiger charge is 2.10. The summed E-state index contributed by atoms with van der Waals surface area (Å²) < 4.78 is 18.3. The van der Waals surface area contributed by atoms with Crippen LogP contribution in [0, 0.1) is 0 Å². The van der Waals surface area contributed by atoms with E-state index in [1.165, 1.54) is 111 Å². The van der Waals surface area contributed by atoms with Crippen molar-refractivity contribution in [2.75, 3.05) is 14.2 Å². The van der Waals surface area contributed by atoms with E-state index in [1.807, 2.05) is 6.08 Å². The summed E-state index contributed by atoms with van der Waals surface area (Å²) in [5.74, 6) is 0. The van der Waals surface area contributed by atoms with E-state index in [9.17, 15) is 4.57 Å². The third-order valence-corrected chi connectivity index (χ3v) is 4.66. The summed E-state index contributed by atoms with van der Waals surface area (Å²) in [6.07, 6.45) is 23.5. The number of hydrogen-bond donors (Lipinski definition) is 0. The van der Waals surface area contributed by atoms with Gasteiger partial charge in [0.1, 0.15) is 0 Å². The third-order valence-electron chi connectivity index (χ3n) is 4.06. The SMILES string of the molecule is C=CCCCCCCCCCCCCCCCC.CO[P+](=O)OC. The minimum Gasteiger partial charge on any atom is -0.122 e. The fourth-order valence-corrected chi connectivity index (χ4v) is 2.71. The lowest BCUT2D eigenvalue weighted by molar-refractivity contribution is 0.302. The highest BCUT2D eigenvalue weighted by atomic mass is 31.1. The molecule has 0 aliphatic heterocycles. The second kappa shape index (κ2) is 25.0. The van der Waals surface area contributed by atoms with Gasteiger partial charge < -0.3 is 0 Å². The minimum absolute atomic E-state index is 1.21. The zero-order chi connectivity index (χ0) is 18.3. The summed E-state index contributed by atoms with van der Waals surface area (Å²) in [6, 6.07) is 0. The zero-order valence-corrected chi connectivity index (χ0v) is 17.5. The van der Waals surface area contributed by atoms with Crippen molar-refractivity contribution in [1.82, 2.24) is 0 Å². The van der Waals surface area contributed by atoms with Gasteiger partial charge in [-0.15, -0.1) is 15.6 Å². The minimum atomic E-state index is -1.83. The maximum absolute atomic E-state index is 9.88. The Balaban J connectivity index is 0. The highest BCUT2D eigenvalue weighted by molar-refractivity contribution is 7.33. The van der Waals surface area contributed by atoms with Crippen molar-refractivity contribution in [1.29, 1.82) is 0 Å². The summed E-state index contributed by atoms with van der Waals surface area (Å²) in [7, 11) is 0.817. The van der Waals surface area contributed by atoms with Gasteiger partial charge in [0.05, 0.1) is 14.2 Å².